The topological polar surface area (TPSA) is 104 Å². The minimum absolute atomic E-state index is 0.00678. The summed E-state index contributed by atoms with van der Waals surface area (Å²) >= 11 is 6.48. The first-order valence-electron chi connectivity index (χ1n) is 8.32. The minimum Gasteiger partial charge on any atom is -0.480 e. The standard InChI is InChI=1S/C18H11Br2F4N3O4/c19-13-8(15(30)25-6-12(28)29)2-4-11(14(13)20)31-7-1-3-9-10(5-7)27-17(26-9)18(23,24)16(21)22/h1-5,16H,6H2,(H,25,30)(H,26,27)(H,28,29). The molecular formula is C18H11Br2F4N3O4. The zero-order valence-electron chi connectivity index (χ0n) is 15.1. The van der Waals surface area contributed by atoms with Crippen molar-refractivity contribution in [3.63, 3.8) is 0 Å². The third-order valence-corrected chi connectivity index (χ3v) is 6.11. The van der Waals surface area contributed by atoms with E-state index in [2.05, 4.69) is 47.1 Å². The van der Waals surface area contributed by atoms with E-state index in [1.165, 1.54) is 30.3 Å². The van der Waals surface area contributed by atoms with E-state index in [-0.39, 0.29) is 32.6 Å². The summed E-state index contributed by atoms with van der Waals surface area (Å²) in [5.41, 5.74) is 0.253. The van der Waals surface area contributed by atoms with Crippen LogP contribution in [-0.4, -0.2) is 39.9 Å². The second kappa shape index (κ2) is 8.83. The van der Waals surface area contributed by atoms with Gasteiger partial charge in [-0.25, -0.2) is 13.8 Å². The number of ether oxygens (including phenoxy) is 1. The van der Waals surface area contributed by atoms with Crippen LogP contribution in [0.4, 0.5) is 17.6 Å². The van der Waals surface area contributed by atoms with Gasteiger partial charge in [0.05, 0.1) is 21.1 Å². The van der Waals surface area contributed by atoms with E-state index in [9.17, 15) is 27.2 Å². The molecule has 0 fully saturated rings. The van der Waals surface area contributed by atoms with Crippen molar-refractivity contribution in [3.05, 3.63) is 50.7 Å². The van der Waals surface area contributed by atoms with Crippen molar-refractivity contribution in [1.29, 1.82) is 0 Å². The van der Waals surface area contributed by atoms with E-state index >= 15 is 0 Å². The molecule has 3 rings (SSSR count). The lowest BCUT2D eigenvalue weighted by molar-refractivity contribution is -0.140. The van der Waals surface area contributed by atoms with Crippen LogP contribution in [0.5, 0.6) is 11.5 Å². The molecule has 2 aromatic carbocycles. The Morgan fingerprint density at radius 1 is 1.19 bits per heavy atom. The number of aromatic nitrogens is 2. The van der Waals surface area contributed by atoms with Crippen LogP contribution in [0.15, 0.2) is 39.3 Å². The van der Waals surface area contributed by atoms with Crippen LogP contribution in [0, 0.1) is 0 Å². The summed E-state index contributed by atoms with van der Waals surface area (Å²) in [4.78, 5) is 28.4. The highest BCUT2D eigenvalue weighted by atomic mass is 79.9. The monoisotopic (exact) mass is 567 g/mol. The number of carbonyl (C=O) groups is 2. The molecule has 0 unspecified atom stereocenters. The maximum Gasteiger partial charge on any atom is 0.363 e. The Bertz CT molecular complexity index is 1170. The second-order valence-electron chi connectivity index (χ2n) is 6.11. The number of alkyl halides is 4. The summed E-state index contributed by atoms with van der Waals surface area (Å²) < 4.78 is 58.4. The Hall–Kier alpha value is -2.67. The van der Waals surface area contributed by atoms with Crippen LogP contribution in [-0.2, 0) is 10.7 Å². The highest BCUT2D eigenvalue weighted by Gasteiger charge is 2.45. The van der Waals surface area contributed by atoms with Gasteiger partial charge in [-0.1, -0.05) is 0 Å². The fraction of sp³-hybridized carbons (Fsp3) is 0.167. The second-order valence-corrected chi connectivity index (χ2v) is 7.69. The van der Waals surface area contributed by atoms with Crippen LogP contribution in [0.1, 0.15) is 16.2 Å². The average molecular weight is 569 g/mol. The first-order valence-corrected chi connectivity index (χ1v) is 9.91. The molecule has 164 valence electrons. The van der Waals surface area contributed by atoms with Crippen molar-refractivity contribution in [1.82, 2.24) is 15.3 Å². The lowest BCUT2D eigenvalue weighted by atomic mass is 10.2. The van der Waals surface area contributed by atoms with Gasteiger partial charge in [-0.15, -0.1) is 0 Å². The number of hydrogen-bond acceptors (Lipinski definition) is 4. The molecule has 0 saturated carbocycles. The van der Waals surface area contributed by atoms with E-state index in [1.807, 2.05) is 0 Å². The predicted molar refractivity (Wildman–Crippen MR) is 108 cm³/mol. The molecule has 1 amide bonds. The fourth-order valence-corrected chi connectivity index (χ4v) is 3.41. The van der Waals surface area contributed by atoms with Gasteiger partial charge in [0.1, 0.15) is 18.0 Å². The average Bonchev–Trinajstić information content (AvgIpc) is 3.14. The summed E-state index contributed by atoms with van der Waals surface area (Å²) in [5.74, 6) is -7.02. The van der Waals surface area contributed by atoms with Gasteiger partial charge in [0, 0.05) is 10.5 Å². The molecule has 3 N–H and O–H groups in total. The number of fused-ring (bicyclic) bond motifs is 1. The molecule has 0 bridgehead atoms. The molecule has 0 spiro atoms. The van der Waals surface area contributed by atoms with E-state index < -0.39 is 36.6 Å². The van der Waals surface area contributed by atoms with Crippen LogP contribution >= 0.6 is 31.9 Å². The molecule has 0 saturated heterocycles. The number of nitrogens with zero attached hydrogens (tertiary/aromatic N) is 1. The Morgan fingerprint density at radius 2 is 1.90 bits per heavy atom. The van der Waals surface area contributed by atoms with Crippen LogP contribution < -0.4 is 10.1 Å². The third kappa shape index (κ3) is 4.82. The third-order valence-electron chi connectivity index (χ3n) is 3.96. The number of aliphatic carboxylic acids is 1. The summed E-state index contributed by atoms with van der Waals surface area (Å²) in [6.07, 6.45) is -3.91. The van der Waals surface area contributed by atoms with Crippen molar-refractivity contribution in [2.75, 3.05) is 6.54 Å². The van der Waals surface area contributed by atoms with E-state index in [1.54, 1.807) is 0 Å². The van der Waals surface area contributed by atoms with Gasteiger partial charge < -0.3 is 20.1 Å². The Balaban J connectivity index is 1.86. The molecule has 0 atom stereocenters. The highest BCUT2D eigenvalue weighted by molar-refractivity contribution is 9.13. The zero-order valence-corrected chi connectivity index (χ0v) is 18.2. The van der Waals surface area contributed by atoms with Gasteiger partial charge in [-0.3, -0.25) is 9.59 Å². The van der Waals surface area contributed by atoms with Crippen molar-refractivity contribution in [3.8, 4) is 11.5 Å². The molecule has 31 heavy (non-hydrogen) atoms. The normalized spacial score (nSPS) is 11.7. The molecule has 0 aliphatic heterocycles. The van der Waals surface area contributed by atoms with Crippen LogP contribution in [0.25, 0.3) is 11.0 Å². The van der Waals surface area contributed by atoms with Gasteiger partial charge in [0.2, 0.25) is 0 Å². The number of amides is 1. The maximum atomic E-state index is 13.5. The number of benzene rings is 2. The quantitative estimate of drug-likeness (QED) is 0.346. The molecule has 0 radical (unpaired) electrons. The van der Waals surface area contributed by atoms with Gasteiger partial charge in [-0.2, -0.15) is 8.78 Å². The smallest absolute Gasteiger partial charge is 0.363 e. The van der Waals surface area contributed by atoms with E-state index in [0.29, 0.717) is 4.47 Å². The van der Waals surface area contributed by atoms with Gasteiger partial charge in [-0.05, 0) is 56.1 Å². The lowest BCUT2D eigenvalue weighted by Gasteiger charge is -2.12. The van der Waals surface area contributed by atoms with Crippen molar-refractivity contribution in [2.24, 2.45) is 0 Å². The number of rotatable bonds is 7. The van der Waals surface area contributed by atoms with E-state index in [4.69, 9.17) is 9.84 Å². The Morgan fingerprint density at radius 3 is 2.55 bits per heavy atom. The fourth-order valence-electron chi connectivity index (χ4n) is 2.47. The molecular weight excluding hydrogens is 558 g/mol. The molecule has 7 nitrogen and oxygen atoms in total. The van der Waals surface area contributed by atoms with Crippen molar-refractivity contribution >= 4 is 54.8 Å². The summed E-state index contributed by atoms with van der Waals surface area (Å²) in [7, 11) is 0. The van der Waals surface area contributed by atoms with Crippen LogP contribution in [0.2, 0.25) is 0 Å². The molecule has 1 aromatic heterocycles. The molecule has 0 aliphatic carbocycles. The van der Waals surface area contributed by atoms with Gasteiger partial charge in [0.25, 0.3) is 5.91 Å². The van der Waals surface area contributed by atoms with Crippen molar-refractivity contribution < 1.29 is 37.0 Å². The number of H-pyrrole nitrogens is 1. The number of carboxylic acid groups (broad SMARTS) is 1. The van der Waals surface area contributed by atoms with Crippen LogP contribution in [0.3, 0.4) is 0 Å². The molecule has 0 aliphatic rings. The molecule has 1 heterocycles. The first kappa shape index (κ1) is 23.0. The Kier molecular flexibility index (Phi) is 6.55. The number of carbonyl (C=O) groups excluding carboxylic acids is 1. The van der Waals surface area contributed by atoms with Gasteiger partial charge in [0.15, 0.2) is 5.82 Å². The van der Waals surface area contributed by atoms with E-state index in [0.717, 1.165) is 0 Å². The lowest BCUT2D eigenvalue weighted by Crippen LogP contribution is -2.29. The minimum atomic E-state index is -4.43. The molecule has 3 aromatic rings. The summed E-state index contributed by atoms with van der Waals surface area (Å²) in [5, 5.41) is 10.9. The SMILES string of the molecule is O=C(O)CNC(=O)c1ccc(Oc2ccc3[nH]c(C(F)(F)C(F)F)nc3c2)c(Br)c1Br. The number of hydrogen-bond donors (Lipinski definition) is 3. The Labute approximate surface area is 188 Å². The maximum absolute atomic E-state index is 13.5. The number of halogens is 6. The number of nitrogens with one attached hydrogen (secondary N) is 2. The summed E-state index contributed by atoms with van der Waals surface area (Å²) in [6, 6.07) is 6.86. The van der Waals surface area contributed by atoms with Crippen molar-refractivity contribution in [2.45, 2.75) is 12.3 Å². The van der Waals surface area contributed by atoms with Gasteiger partial charge >= 0.3 is 18.3 Å². The highest BCUT2D eigenvalue weighted by Crippen LogP contribution is 2.39. The first-order chi connectivity index (χ1) is 14.5. The summed E-state index contributed by atoms with van der Waals surface area (Å²) in [6.45, 7) is -0.558. The number of imidazole rings is 1. The number of carboxylic acids is 1. The predicted octanol–water partition coefficient (Wildman–Crippen LogP) is 5.05. The number of aromatic amines is 1. The molecule has 13 heteroatoms. The zero-order chi connectivity index (χ0) is 22.9. The largest absolute Gasteiger partial charge is 0.480 e.